The summed E-state index contributed by atoms with van der Waals surface area (Å²) in [6, 6.07) is 25.4. The number of hydrogen-bond donors (Lipinski definition) is 1. The molecule has 1 saturated carbocycles. The predicted molar refractivity (Wildman–Crippen MR) is 149 cm³/mol. The van der Waals surface area contributed by atoms with E-state index in [0.29, 0.717) is 17.3 Å². The van der Waals surface area contributed by atoms with Gasteiger partial charge < -0.3 is 10.2 Å². The number of aryl methyl sites for hydroxylation is 1. The summed E-state index contributed by atoms with van der Waals surface area (Å²) in [6.07, 6.45) is 4.72. The second-order valence-corrected chi connectivity index (χ2v) is 12.1. The van der Waals surface area contributed by atoms with Crippen LogP contribution in [0.15, 0.2) is 71.7 Å². The average molecular weight is 497 g/mol. The molecule has 0 spiro atoms. The molecule has 0 bridgehead atoms. The molecule has 6 heteroatoms. The highest BCUT2D eigenvalue weighted by Crippen LogP contribution is 2.53. The SMILES string of the molecule is Cc1ccc2nc(NCCc3ccc(N=C4SC5Cc6ccccc6[C@@H]5N4C4CC4)cc3)sc2c1. The molecule has 1 aromatic heterocycles. The van der Waals surface area contributed by atoms with Crippen LogP contribution in [0.4, 0.5) is 10.8 Å². The van der Waals surface area contributed by atoms with Crippen molar-refractivity contribution in [3.63, 3.8) is 0 Å². The molecule has 1 unspecified atom stereocenters. The van der Waals surface area contributed by atoms with E-state index >= 15 is 0 Å². The third-order valence-corrected chi connectivity index (χ3v) is 9.48. The molecule has 4 aromatic rings. The lowest BCUT2D eigenvalue weighted by atomic mass is 10.1. The fraction of sp³-hybridized carbons (Fsp3) is 0.310. The summed E-state index contributed by atoms with van der Waals surface area (Å²) in [5.74, 6) is 0. The molecule has 0 amide bonds. The summed E-state index contributed by atoms with van der Waals surface area (Å²) in [5.41, 5.74) is 7.78. The molecule has 1 N–H and O–H groups in total. The van der Waals surface area contributed by atoms with E-state index in [9.17, 15) is 0 Å². The molecule has 7 rings (SSSR count). The lowest BCUT2D eigenvalue weighted by Crippen LogP contribution is -2.30. The van der Waals surface area contributed by atoms with Gasteiger partial charge in [-0.25, -0.2) is 9.98 Å². The van der Waals surface area contributed by atoms with Crippen molar-refractivity contribution in [3.05, 3.63) is 89.0 Å². The van der Waals surface area contributed by atoms with Gasteiger partial charge in [-0.3, -0.25) is 0 Å². The molecule has 1 saturated heterocycles. The van der Waals surface area contributed by atoms with Crippen LogP contribution in [0.25, 0.3) is 10.2 Å². The Hall–Kier alpha value is -2.83. The van der Waals surface area contributed by atoms with Crippen LogP contribution in [-0.4, -0.2) is 32.9 Å². The summed E-state index contributed by atoms with van der Waals surface area (Å²) in [4.78, 5) is 12.5. The lowest BCUT2D eigenvalue weighted by Gasteiger charge is -2.26. The van der Waals surface area contributed by atoms with Gasteiger partial charge >= 0.3 is 0 Å². The Kier molecular flexibility index (Phi) is 5.32. The first-order valence-corrected chi connectivity index (χ1v) is 14.2. The molecule has 1 aliphatic heterocycles. The van der Waals surface area contributed by atoms with E-state index in [1.807, 2.05) is 11.8 Å². The highest BCUT2D eigenvalue weighted by molar-refractivity contribution is 8.14. The monoisotopic (exact) mass is 496 g/mol. The fourth-order valence-corrected chi connectivity index (χ4v) is 7.85. The number of anilines is 1. The van der Waals surface area contributed by atoms with Crippen LogP contribution in [0, 0.1) is 6.92 Å². The lowest BCUT2D eigenvalue weighted by molar-refractivity contribution is 0.330. The van der Waals surface area contributed by atoms with Crippen molar-refractivity contribution in [2.45, 2.75) is 49.9 Å². The van der Waals surface area contributed by atoms with Crippen LogP contribution < -0.4 is 5.32 Å². The molecule has 2 aliphatic carbocycles. The Morgan fingerprint density at radius 1 is 1.06 bits per heavy atom. The summed E-state index contributed by atoms with van der Waals surface area (Å²) in [6.45, 7) is 3.00. The maximum Gasteiger partial charge on any atom is 0.183 e. The van der Waals surface area contributed by atoms with Gasteiger partial charge in [-0.2, -0.15) is 0 Å². The van der Waals surface area contributed by atoms with Gasteiger partial charge in [0.2, 0.25) is 0 Å². The van der Waals surface area contributed by atoms with Crippen molar-refractivity contribution in [1.29, 1.82) is 0 Å². The smallest absolute Gasteiger partial charge is 0.183 e. The number of aromatic nitrogens is 1. The average Bonchev–Trinajstić information content (AvgIpc) is 3.38. The Morgan fingerprint density at radius 3 is 2.77 bits per heavy atom. The van der Waals surface area contributed by atoms with Gasteiger partial charge in [-0.15, -0.1) is 0 Å². The van der Waals surface area contributed by atoms with E-state index in [-0.39, 0.29) is 0 Å². The molecular weight excluding hydrogens is 468 g/mol. The van der Waals surface area contributed by atoms with Gasteiger partial charge in [0.25, 0.3) is 0 Å². The van der Waals surface area contributed by atoms with E-state index in [4.69, 9.17) is 9.98 Å². The molecule has 176 valence electrons. The number of rotatable bonds is 6. The van der Waals surface area contributed by atoms with Crippen LogP contribution in [0.1, 0.15) is 41.1 Å². The van der Waals surface area contributed by atoms with Gasteiger partial charge in [0.05, 0.1) is 21.9 Å². The fourth-order valence-electron chi connectivity index (χ4n) is 5.38. The number of fused-ring (bicyclic) bond motifs is 4. The molecular formula is C29H28N4S2. The number of thiazole rings is 1. The summed E-state index contributed by atoms with van der Waals surface area (Å²) in [7, 11) is 0. The van der Waals surface area contributed by atoms with Crippen molar-refractivity contribution >= 4 is 49.3 Å². The van der Waals surface area contributed by atoms with Crippen LogP contribution in [0.5, 0.6) is 0 Å². The maximum absolute atomic E-state index is 5.14. The molecule has 2 heterocycles. The van der Waals surface area contributed by atoms with Crippen molar-refractivity contribution in [2.75, 3.05) is 11.9 Å². The van der Waals surface area contributed by atoms with Crippen molar-refractivity contribution in [2.24, 2.45) is 4.99 Å². The van der Waals surface area contributed by atoms with Gasteiger partial charge in [0.1, 0.15) is 0 Å². The Labute approximate surface area is 214 Å². The number of aliphatic imine (C=N–C) groups is 1. The number of hydrogen-bond acceptors (Lipinski definition) is 5. The minimum Gasteiger partial charge on any atom is -0.361 e. The van der Waals surface area contributed by atoms with E-state index < -0.39 is 0 Å². The normalized spacial score (nSPS) is 22.1. The van der Waals surface area contributed by atoms with Crippen molar-refractivity contribution in [3.8, 4) is 0 Å². The molecule has 2 fully saturated rings. The van der Waals surface area contributed by atoms with Crippen molar-refractivity contribution in [1.82, 2.24) is 9.88 Å². The highest BCUT2D eigenvalue weighted by Gasteiger charge is 2.50. The first kappa shape index (κ1) is 21.5. The third-order valence-electron chi connectivity index (χ3n) is 7.26. The highest BCUT2D eigenvalue weighted by atomic mass is 32.2. The van der Waals surface area contributed by atoms with E-state index in [1.54, 1.807) is 11.3 Å². The van der Waals surface area contributed by atoms with Gasteiger partial charge in [-0.1, -0.05) is 65.6 Å². The van der Waals surface area contributed by atoms with Crippen LogP contribution in [-0.2, 0) is 12.8 Å². The zero-order valence-electron chi connectivity index (χ0n) is 19.8. The van der Waals surface area contributed by atoms with Gasteiger partial charge in [-0.05, 0) is 79.1 Å². The zero-order valence-corrected chi connectivity index (χ0v) is 21.4. The molecule has 0 radical (unpaired) electrons. The first-order chi connectivity index (χ1) is 17.2. The topological polar surface area (TPSA) is 40.5 Å². The Morgan fingerprint density at radius 2 is 1.91 bits per heavy atom. The molecule has 2 atom stereocenters. The molecule has 4 nitrogen and oxygen atoms in total. The number of amidine groups is 1. The van der Waals surface area contributed by atoms with Gasteiger partial charge in [0.15, 0.2) is 10.3 Å². The second kappa shape index (κ2) is 8.68. The second-order valence-electron chi connectivity index (χ2n) is 9.87. The number of benzene rings is 3. The minimum absolute atomic E-state index is 0.499. The van der Waals surface area contributed by atoms with Crippen LogP contribution in [0.2, 0.25) is 0 Å². The Balaban J connectivity index is 1.02. The maximum atomic E-state index is 5.14. The Bertz CT molecular complexity index is 1420. The minimum atomic E-state index is 0.499. The summed E-state index contributed by atoms with van der Waals surface area (Å²) < 4.78 is 1.24. The number of nitrogens with zero attached hydrogens (tertiary/aromatic N) is 3. The quantitative estimate of drug-likeness (QED) is 0.308. The largest absolute Gasteiger partial charge is 0.361 e. The third kappa shape index (κ3) is 4.13. The van der Waals surface area contributed by atoms with Crippen LogP contribution >= 0.6 is 23.1 Å². The van der Waals surface area contributed by atoms with Gasteiger partial charge in [0, 0.05) is 17.8 Å². The molecule has 3 aromatic carbocycles. The summed E-state index contributed by atoms with van der Waals surface area (Å²) in [5, 5.41) is 6.32. The zero-order chi connectivity index (χ0) is 23.4. The van der Waals surface area contributed by atoms with E-state index in [1.165, 1.54) is 45.0 Å². The molecule has 35 heavy (non-hydrogen) atoms. The predicted octanol–water partition coefficient (Wildman–Crippen LogP) is 7.12. The first-order valence-electron chi connectivity index (χ1n) is 12.5. The standard InChI is InChI=1S/C29H28N4S2/c1-18-6-13-24-25(16-18)34-28(32-24)30-15-14-19-7-9-21(10-8-19)31-29-33(22-11-12-22)27-23-5-3-2-4-20(23)17-26(27)35-29/h2-10,13,16,22,26-27H,11-12,14-15,17H2,1H3,(H,30,32)/t26?,27-/m0/s1. The number of nitrogens with one attached hydrogen (secondary N) is 1. The van der Waals surface area contributed by atoms with Crippen molar-refractivity contribution < 1.29 is 0 Å². The van der Waals surface area contributed by atoms with Crippen LogP contribution in [0.3, 0.4) is 0 Å². The summed E-state index contributed by atoms with van der Waals surface area (Å²) >= 11 is 3.72. The molecule has 3 aliphatic rings. The van der Waals surface area contributed by atoms with E-state index in [2.05, 4.69) is 83.9 Å². The number of thioether (sulfide) groups is 1. The van der Waals surface area contributed by atoms with E-state index in [0.717, 1.165) is 35.7 Å².